The molecule has 1 saturated heterocycles. The van der Waals surface area contributed by atoms with Crippen molar-refractivity contribution in [3.05, 3.63) is 65.0 Å². The summed E-state index contributed by atoms with van der Waals surface area (Å²) in [5, 5.41) is 15.7. The molecule has 0 spiro atoms. The second kappa shape index (κ2) is 13.2. The third-order valence-corrected chi connectivity index (χ3v) is 5.47. The Morgan fingerprint density at radius 2 is 1.97 bits per heavy atom. The molecule has 1 heterocycles. The average molecular weight is 551 g/mol. The van der Waals surface area contributed by atoms with Gasteiger partial charge in [-0.05, 0) is 57.1 Å². The highest BCUT2D eigenvalue weighted by atomic mass is 127. The minimum absolute atomic E-state index is 0. The van der Waals surface area contributed by atoms with E-state index < -0.39 is 0 Å². The SMILES string of the molecule is CCNC(=NCc1cc(C#N)ccc1F)NCC(c1ccccc1OC)N1CCCC1.I. The van der Waals surface area contributed by atoms with E-state index in [1.807, 2.05) is 31.2 Å². The molecule has 3 rings (SSSR count). The molecule has 172 valence electrons. The van der Waals surface area contributed by atoms with Gasteiger partial charge in [0.05, 0.1) is 31.3 Å². The molecule has 8 heteroatoms. The third-order valence-electron chi connectivity index (χ3n) is 5.47. The number of para-hydroxylation sites is 1. The van der Waals surface area contributed by atoms with Crippen molar-refractivity contribution in [2.75, 3.05) is 33.3 Å². The Morgan fingerprint density at radius 3 is 2.66 bits per heavy atom. The van der Waals surface area contributed by atoms with Crippen LogP contribution in [0.25, 0.3) is 0 Å². The second-order valence-corrected chi connectivity index (χ2v) is 7.49. The summed E-state index contributed by atoms with van der Waals surface area (Å²) < 4.78 is 19.7. The number of hydrogen-bond donors (Lipinski definition) is 2. The van der Waals surface area contributed by atoms with Crippen molar-refractivity contribution in [2.45, 2.75) is 32.4 Å². The number of methoxy groups -OCH3 is 1. The maximum atomic E-state index is 14.1. The normalized spacial score (nSPS) is 14.9. The van der Waals surface area contributed by atoms with Crippen LogP contribution in [0.1, 0.15) is 42.5 Å². The lowest BCUT2D eigenvalue weighted by molar-refractivity contribution is 0.239. The molecule has 0 saturated carbocycles. The molecule has 1 aliphatic rings. The van der Waals surface area contributed by atoms with Gasteiger partial charge >= 0.3 is 0 Å². The summed E-state index contributed by atoms with van der Waals surface area (Å²) in [7, 11) is 1.70. The molecule has 0 amide bonds. The summed E-state index contributed by atoms with van der Waals surface area (Å²) in [5.74, 6) is 1.13. The molecule has 6 nitrogen and oxygen atoms in total. The first-order valence-corrected chi connectivity index (χ1v) is 10.7. The lowest BCUT2D eigenvalue weighted by atomic mass is 10.0. The number of hydrogen-bond acceptors (Lipinski definition) is 4. The zero-order chi connectivity index (χ0) is 22.1. The lowest BCUT2D eigenvalue weighted by Gasteiger charge is -2.30. The van der Waals surface area contributed by atoms with Crippen molar-refractivity contribution in [3.63, 3.8) is 0 Å². The quantitative estimate of drug-likeness (QED) is 0.292. The number of halogens is 2. The third kappa shape index (κ3) is 6.81. The standard InChI is InChI=1S/C24H30FN5O.HI/c1-3-27-24(28-16-19-14-18(15-26)10-11-21(19)25)29-17-22(30-12-6-7-13-30)20-8-4-5-9-23(20)31-2;/h4-5,8-11,14,22H,3,6-7,12-13,16-17H2,1-2H3,(H2,27,28,29);1H. The van der Waals surface area contributed by atoms with Crippen molar-refractivity contribution in [3.8, 4) is 11.8 Å². The van der Waals surface area contributed by atoms with Crippen LogP contribution in [0.5, 0.6) is 5.75 Å². The number of nitriles is 1. The summed E-state index contributed by atoms with van der Waals surface area (Å²) in [6.45, 7) is 5.57. The van der Waals surface area contributed by atoms with E-state index in [9.17, 15) is 4.39 Å². The average Bonchev–Trinajstić information content (AvgIpc) is 3.33. The van der Waals surface area contributed by atoms with Crippen LogP contribution in [0.15, 0.2) is 47.5 Å². The number of rotatable bonds is 8. The monoisotopic (exact) mass is 551 g/mol. The number of guanidine groups is 1. The van der Waals surface area contributed by atoms with E-state index in [-0.39, 0.29) is 42.4 Å². The summed E-state index contributed by atoms with van der Waals surface area (Å²) in [6, 6.07) is 14.6. The number of benzene rings is 2. The van der Waals surface area contributed by atoms with Crippen molar-refractivity contribution in [1.29, 1.82) is 5.26 Å². The Bertz CT molecular complexity index is 940. The highest BCUT2D eigenvalue weighted by Crippen LogP contribution is 2.31. The van der Waals surface area contributed by atoms with E-state index >= 15 is 0 Å². The smallest absolute Gasteiger partial charge is 0.191 e. The van der Waals surface area contributed by atoms with Gasteiger partial charge in [-0.1, -0.05) is 18.2 Å². The van der Waals surface area contributed by atoms with Gasteiger partial charge < -0.3 is 15.4 Å². The molecular weight excluding hydrogens is 520 g/mol. The van der Waals surface area contributed by atoms with Gasteiger partial charge in [0.1, 0.15) is 11.6 Å². The van der Waals surface area contributed by atoms with Gasteiger partial charge in [-0.25, -0.2) is 9.38 Å². The number of nitrogens with one attached hydrogen (secondary N) is 2. The Morgan fingerprint density at radius 1 is 1.22 bits per heavy atom. The molecule has 32 heavy (non-hydrogen) atoms. The molecular formula is C24H31FIN5O. The Balaban J connectivity index is 0.00000363. The van der Waals surface area contributed by atoms with E-state index in [0.29, 0.717) is 30.2 Å². The first-order valence-electron chi connectivity index (χ1n) is 10.7. The molecule has 2 aromatic rings. The van der Waals surface area contributed by atoms with Gasteiger partial charge in [0.2, 0.25) is 0 Å². The Hall–Kier alpha value is -2.38. The fraction of sp³-hybridized carbons (Fsp3) is 0.417. The predicted octanol–water partition coefficient (Wildman–Crippen LogP) is 4.22. The molecule has 1 atom stereocenters. The van der Waals surface area contributed by atoms with Crippen LogP contribution in [0.2, 0.25) is 0 Å². The van der Waals surface area contributed by atoms with E-state index in [1.165, 1.54) is 25.0 Å². The van der Waals surface area contributed by atoms with Gasteiger partial charge in [-0.15, -0.1) is 24.0 Å². The van der Waals surface area contributed by atoms with E-state index in [1.54, 1.807) is 13.2 Å². The summed E-state index contributed by atoms with van der Waals surface area (Å²) in [4.78, 5) is 7.01. The van der Waals surface area contributed by atoms with Crippen LogP contribution in [0, 0.1) is 17.1 Å². The molecule has 1 fully saturated rings. The molecule has 1 aliphatic heterocycles. The van der Waals surface area contributed by atoms with Crippen LogP contribution < -0.4 is 15.4 Å². The zero-order valence-electron chi connectivity index (χ0n) is 18.6. The molecule has 0 radical (unpaired) electrons. The van der Waals surface area contributed by atoms with E-state index in [4.69, 9.17) is 10.00 Å². The first-order chi connectivity index (χ1) is 15.2. The Kier molecular flexibility index (Phi) is 10.7. The van der Waals surface area contributed by atoms with Crippen LogP contribution in [-0.2, 0) is 6.54 Å². The molecule has 0 aliphatic carbocycles. The van der Waals surface area contributed by atoms with Crippen molar-refractivity contribution in [1.82, 2.24) is 15.5 Å². The molecule has 0 aromatic heterocycles. The highest BCUT2D eigenvalue weighted by molar-refractivity contribution is 14.0. The van der Waals surface area contributed by atoms with Gasteiger partial charge in [-0.3, -0.25) is 4.90 Å². The van der Waals surface area contributed by atoms with Crippen molar-refractivity contribution >= 4 is 29.9 Å². The number of likely N-dealkylation sites (tertiary alicyclic amines) is 1. The number of nitrogens with zero attached hydrogens (tertiary/aromatic N) is 3. The maximum absolute atomic E-state index is 14.1. The van der Waals surface area contributed by atoms with Gasteiger partial charge in [0.25, 0.3) is 0 Å². The Labute approximate surface area is 206 Å². The first kappa shape index (κ1) is 25.9. The number of aliphatic imine (C=N–C) groups is 1. The minimum atomic E-state index is -0.359. The fourth-order valence-corrected chi connectivity index (χ4v) is 3.90. The zero-order valence-corrected chi connectivity index (χ0v) is 20.9. The van der Waals surface area contributed by atoms with E-state index in [0.717, 1.165) is 24.4 Å². The summed E-state index contributed by atoms with van der Waals surface area (Å²) in [6.07, 6.45) is 2.38. The largest absolute Gasteiger partial charge is 0.496 e. The molecule has 0 bridgehead atoms. The fourth-order valence-electron chi connectivity index (χ4n) is 3.90. The minimum Gasteiger partial charge on any atom is -0.496 e. The van der Waals surface area contributed by atoms with Crippen molar-refractivity contribution in [2.24, 2.45) is 4.99 Å². The second-order valence-electron chi connectivity index (χ2n) is 7.49. The van der Waals surface area contributed by atoms with Crippen molar-refractivity contribution < 1.29 is 9.13 Å². The highest BCUT2D eigenvalue weighted by Gasteiger charge is 2.26. The maximum Gasteiger partial charge on any atom is 0.191 e. The molecule has 2 aromatic carbocycles. The molecule has 1 unspecified atom stereocenters. The van der Waals surface area contributed by atoms with Crippen LogP contribution in [-0.4, -0.2) is 44.1 Å². The molecule has 2 N–H and O–H groups in total. The lowest BCUT2D eigenvalue weighted by Crippen LogP contribution is -2.42. The topological polar surface area (TPSA) is 72.7 Å². The summed E-state index contributed by atoms with van der Waals surface area (Å²) >= 11 is 0. The van der Waals surface area contributed by atoms with Gasteiger partial charge in [0.15, 0.2) is 5.96 Å². The number of ether oxygens (including phenoxy) is 1. The predicted molar refractivity (Wildman–Crippen MR) is 136 cm³/mol. The van der Waals surface area contributed by atoms with Gasteiger partial charge in [-0.2, -0.15) is 5.26 Å². The van der Waals surface area contributed by atoms with Crippen LogP contribution in [0.4, 0.5) is 4.39 Å². The summed E-state index contributed by atoms with van der Waals surface area (Å²) in [5.41, 5.74) is 1.97. The van der Waals surface area contributed by atoms with Crippen LogP contribution >= 0.6 is 24.0 Å². The van der Waals surface area contributed by atoms with E-state index in [2.05, 4.69) is 26.6 Å². The van der Waals surface area contributed by atoms with Gasteiger partial charge in [0, 0.05) is 24.2 Å². The van der Waals surface area contributed by atoms with Crippen LogP contribution in [0.3, 0.4) is 0 Å².